The van der Waals surface area contributed by atoms with E-state index < -0.39 is 6.04 Å². The normalized spacial score (nSPS) is 25.1. The zero-order chi connectivity index (χ0) is 14.6. The summed E-state index contributed by atoms with van der Waals surface area (Å²) in [7, 11) is 3.36. The Labute approximate surface area is 115 Å². The maximum atomic E-state index is 11.9. The summed E-state index contributed by atoms with van der Waals surface area (Å²) in [6.45, 7) is 6.54. The molecule has 0 aromatic heterocycles. The molecule has 1 heterocycles. The lowest BCUT2D eigenvalue weighted by Crippen LogP contribution is -2.47. The number of hydrogen-bond donors (Lipinski definition) is 2. The topological polar surface area (TPSA) is 78.7 Å². The van der Waals surface area contributed by atoms with Crippen LogP contribution in [0.5, 0.6) is 0 Å². The van der Waals surface area contributed by atoms with Gasteiger partial charge in [-0.3, -0.25) is 14.5 Å². The van der Waals surface area contributed by atoms with Crippen LogP contribution in [-0.2, 0) is 9.59 Å². The molecule has 0 saturated carbocycles. The van der Waals surface area contributed by atoms with Gasteiger partial charge in [0.25, 0.3) is 0 Å². The minimum absolute atomic E-state index is 0.0958. The summed E-state index contributed by atoms with van der Waals surface area (Å²) < 4.78 is 0. The number of likely N-dealkylation sites (tertiary alicyclic amines) is 1. The quantitative estimate of drug-likeness (QED) is 0.689. The van der Waals surface area contributed by atoms with Crippen LogP contribution < -0.4 is 11.1 Å². The highest BCUT2D eigenvalue weighted by Crippen LogP contribution is 2.27. The van der Waals surface area contributed by atoms with Crippen molar-refractivity contribution in [3.8, 4) is 0 Å². The predicted octanol–water partition coefficient (Wildman–Crippen LogP) is -0.750. The Morgan fingerprint density at radius 3 is 2.58 bits per heavy atom. The fraction of sp³-hybridized carbons (Fsp3) is 0.846. The van der Waals surface area contributed by atoms with Gasteiger partial charge in [0.05, 0.1) is 6.54 Å². The lowest BCUT2D eigenvalue weighted by Gasteiger charge is -2.23. The molecular weight excluding hydrogens is 244 g/mol. The Morgan fingerprint density at radius 2 is 2.11 bits per heavy atom. The molecular formula is C13H26N4O2. The van der Waals surface area contributed by atoms with Crippen LogP contribution in [0.15, 0.2) is 0 Å². The van der Waals surface area contributed by atoms with Crippen LogP contribution in [-0.4, -0.2) is 67.9 Å². The summed E-state index contributed by atoms with van der Waals surface area (Å²) in [4.78, 5) is 27.1. The van der Waals surface area contributed by atoms with Gasteiger partial charge < -0.3 is 16.0 Å². The molecule has 2 atom stereocenters. The van der Waals surface area contributed by atoms with Gasteiger partial charge in [-0.05, 0) is 31.8 Å². The highest BCUT2D eigenvalue weighted by Gasteiger charge is 2.33. The van der Waals surface area contributed by atoms with E-state index in [0.717, 1.165) is 19.5 Å². The van der Waals surface area contributed by atoms with Gasteiger partial charge >= 0.3 is 0 Å². The Morgan fingerprint density at radius 1 is 1.47 bits per heavy atom. The fourth-order valence-corrected chi connectivity index (χ4v) is 2.37. The second kappa shape index (κ2) is 6.34. The van der Waals surface area contributed by atoms with Crippen molar-refractivity contribution in [3.63, 3.8) is 0 Å². The first-order valence-corrected chi connectivity index (χ1v) is 6.70. The van der Waals surface area contributed by atoms with Crippen LogP contribution in [0.2, 0.25) is 0 Å². The second-order valence-corrected chi connectivity index (χ2v) is 6.00. The third-order valence-electron chi connectivity index (χ3n) is 3.69. The van der Waals surface area contributed by atoms with Gasteiger partial charge in [-0.1, -0.05) is 6.92 Å². The number of hydrogen-bond acceptors (Lipinski definition) is 4. The molecule has 6 heteroatoms. The molecule has 0 aromatic carbocycles. The molecule has 19 heavy (non-hydrogen) atoms. The van der Waals surface area contributed by atoms with Crippen molar-refractivity contribution >= 4 is 11.8 Å². The molecule has 6 nitrogen and oxygen atoms in total. The molecule has 0 bridgehead atoms. The molecule has 0 radical (unpaired) electrons. The first-order valence-electron chi connectivity index (χ1n) is 6.70. The molecule has 2 unspecified atom stereocenters. The summed E-state index contributed by atoms with van der Waals surface area (Å²) in [5.41, 5.74) is 5.85. The molecule has 1 saturated heterocycles. The number of nitrogens with zero attached hydrogens (tertiary/aromatic N) is 2. The largest absolute Gasteiger partial charge is 0.347 e. The number of carbonyl (C=O) groups is 2. The highest BCUT2D eigenvalue weighted by molar-refractivity contribution is 5.87. The average Bonchev–Trinajstić information content (AvgIpc) is 2.70. The first kappa shape index (κ1) is 15.9. The Balaban J connectivity index is 2.39. The third-order valence-corrected chi connectivity index (χ3v) is 3.69. The van der Waals surface area contributed by atoms with Crippen molar-refractivity contribution in [1.82, 2.24) is 15.1 Å². The van der Waals surface area contributed by atoms with E-state index in [9.17, 15) is 9.59 Å². The van der Waals surface area contributed by atoms with Gasteiger partial charge in [-0.15, -0.1) is 0 Å². The summed E-state index contributed by atoms with van der Waals surface area (Å²) in [6.07, 6.45) is 1.02. The van der Waals surface area contributed by atoms with Gasteiger partial charge in [-0.25, -0.2) is 0 Å². The molecule has 1 aliphatic heterocycles. The minimum atomic E-state index is -0.481. The van der Waals surface area contributed by atoms with Gasteiger partial charge in [0.15, 0.2) is 0 Å². The summed E-state index contributed by atoms with van der Waals surface area (Å²) in [5.74, 6) is -0.203. The highest BCUT2D eigenvalue weighted by atomic mass is 16.2. The summed E-state index contributed by atoms with van der Waals surface area (Å²) >= 11 is 0. The van der Waals surface area contributed by atoms with Crippen molar-refractivity contribution in [1.29, 1.82) is 0 Å². The number of carbonyl (C=O) groups excluding carboxylic acids is 2. The summed E-state index contributed by atoms with van der Waals surface area (Å²) in [6, 6.07) is -0.481. The van der Waals surface area contributed by atoms with E-state index in [1.807, 2.05) is 0 Å². The zero-order valence-corrected chi connectivity index (χ0v) is 12.4. The molecule has 3 N–H and O–H groups in total. The van der Waals surface area contributed by atoms with Crippen molar-refractivity contribution in [2.45, 2.75) is 26.3 Å². The lowest BCUT2D eigenvalue weighted by atomic mass is 9.90. The van der Waals surface area contributed by atoms with E-state index in [2.05, 4.69) is 17.1 Å². The number of nitrogens with two attached hydrogens (primary N) is 1. The van der Waals surface area contributed by atoms with Crippen LogP contribution in [0.3, 0.4) is 0 Å². The monoisotopic (exact) mass is 270 g/mol. The number of rotatable bonds is 5. The third kappa shape index (κ3) is 4.47. The lowest BCUT2D eigenvalue weighted by molar-refractivity contribution is -0.134. The van der Waals surface area contributed by atoms with Crippen molar-refractivity contribution in [3.05, 3.63) is 0 Å². The Hall–Kier alpha value is -1.14. The first-order chi connectivity index (χ1) is 8.77. The smallest absolute Gasteiger partial charge is 0.244 e. The molecule has 1 fully saturated rings. The van der Waals surface area contributed by atoms with Gasteiger partial charge in [0.1, 0.15) is 6.04 Å². The van der Waals surface area contributed by atoms with Gasteiger partial charge in [-0.2, -0.15) is 0 Å². The Kier molecular flexibility index (Phi) is 5.31. The standard InChI is InChI=1S/C13H26N4O2/c1-10(12(19)16(3)4)15-11(18)7-17-6-5-13(2,8-14)9-17/h10H,5-9,14H2,1-4H3,(H,15,18). The molecule has 110 valence electrons. The van der Waals surface area contributed by atoms with E-state index >= 15 is 0 Å². The Bertz CT molecular complexity index is 346. The number of amides is 2. The molecule has 2 amide bonds. The van der Waals surface area contributed by atoms with E-state index in [-0.39, 0.29) is 17.2 Å². The molecule has 0 spiro atoms. The zero-order valence-electron chi connectivity index (χ0n) is 12.4. The maximum absolute atomic E-state index is 11.9. The van der Waals surface area contributed by atoms with Crippen molar-refractivity contribution < 1.29 is 9.59 Å². The molecule has 1 rings (SSSR count). The number of nitrogens with one attached hydrogen (secondary N) is 1. The fourth-order valence-electron chi connectivity index (χ4n) is 2.37. The van der Waals surface area contributed by atoms with Crippen molar-refractivity contribution in [2.75, 3.05) is 40.3 Å². The van der Waals surface area contributed by atoms with E-state index in [4.69, 9.17) is 5.73 Å². The van der Waals surface area contributed by atoms with Crippen LogP contribution in [0.25, 0.3) is 0 Å². The van der Waals surface area contributed by atoms with E-state index in [0.29, 0.717) is 13.1 Å². The SMILES string of the molecule is CC(NC(=O)CN1CCC(C)(CN)C1)C(=O)N(C)C. The predicted molar refractivity (Wildman–Crippen MR) is 74.5 cm³/mol. The maximum Gasteiger partial charge on any atom is 0.244 e. The number of likely N-dealkylation sites (N-methyl/N-ethyl adjacent to an activating group) is 1. The molecule has 1 aliphatic rings. The van der Waals surface area contributed by atoms with Crippen molar-refractivity contribution in [2.24, 2.45) is 11.1 Å². The van der Waals surface area contributed by atoms with Crippen LogP contribution in [0, 0.1) is 5.41 Å². The van der Waals surface area contributed by atoms with Gasteiger partial charge in [0.2, 0.25) is 11.8 Å². The van der Waals surface area contributed by atoms with E-state index in [1.165, 1.54) is 4.90 Å². The minimum Gasteiger partial charge on any atom is -0.347 e. The summed E-state index contributed by atoms with van der Waals surface area (Å²) in [5, 5.41) is 2.73. The second-order valence-electron chi connectivity index (χ2n) is 6.00. The molecule has 0 aliphatic carbocycles. The molecule has 0 aromatic rings. The average molecular weight is 270 g/mol. The van der Waals surface area contributed by atoms with Gasteiger partial charge in [0, 0.05) is 20.6 Å². The van der Waals surface area contributed by atoms with E-state index in [1.54, 1.807) is 21.0 Å². The van der Waals surface area contributed by atoms with Crippen LogP contribution in [0.1, 0.15) is 20.3 Å². The van der Waals surface area contributed by atoms with Crippen LogP contribution >= 0.6 is 0 Å². The van der Waals surface area contributed by atoms with Crippen LogP contribution in [0.4, 0.5) is 0 Å².